The standard InChI is InChI=1S/C19H15ClN4O4/c1-12-2-3-13-9-14(19(20)22-17(13)8-12)10-21-23-18(25)11-28-16-6-4-15(5-7-16)24(26)27/h2-10H,11H2,1H3,(H,23,25)/b21-10+. The largest absolute Gasteiger partial charge is 0.484 e. The molecule has 9 heteroatoms. The average molecular weight is 399 g/mol. The number of hydrogen-bond donors (Lipinski definition) is 1. The third-order valence-corrected chi connectivity index (χ3v) is 4.07. The van der Waals surface area contributed by atoms with Gasteiger partial charge in [0.2, 0.25) is 0 Å². The third-order valence-electron chi connectivity index (χ3n) is 3.76. The van der Waals surface area contributed by atoms with Gasteiger partial charge in [-0.25, -0.2) is 10.4 Å². The Morgan fingerprint density at radius 3 is 2.75 bits per heavy atom. The van der Waals surface area contributed by atoms with Crippen molar-refractivity contribution in [1.82, 2.24) is 10.4 Å². The van der Waals surface area contributed by atoms with Crippen LogP contribution < -0.4 is 10.2 Å². The lowest BCUT2D eigenvalue weighted by molar-refractivity contribution is -0.384. The number of nitro groups is 1. The number of hydrazone groups is 1. The first-order valence-corrected chi connectivity index (χ1v) is 8.56. The van der Waals surface area contributed by atoms with E-state index in [0.29, 0.717) is 11.3 Å². The van der Waals surface area contributed by atoms with Gasteiger partial charge in [0, 0.05) is 23.1 Å². The number of pyridine rings is 1. The van der Waals surface area contributed by atoms with Crippen LogP contribution in [0.4, 0.5) is 5.69 Å². The van der Waals surface area contributed by atoms with Crippen molar-refractivity contribution in [2.24, 2.45) is 5.10 Å². The summed E-state index contributed by atoms with van der Waals surface area (Å²) in [5.74, 6) is -0.156. The van der Waals surface area contributed by atoms with E-state index in [1.807, 2.05) is 31.2 Å². The molecule has 142 valence electrons. The molecule has 0 saturated heterocycles. The number of amides is 1. The molecule has 28 heavy (non-hydrogen) atoms. The van der Waals surface area contributed by atoms with Crippen molar-refractivity contribution < 1.29 is 14.5 Å². The van der Waals surface area contributed by atoms with Crippen LogP contribution in [0, 0.1) is 17.0 Å². The van der Waals surface area contributed by atoms with Crippen LogP contribution in [0.15, 0.2) is 53.6 Å². The van der Waals surface area contributed by atoms with Gasteiger partial charge in [0.05, 0.1) is 16.7 Å². The van der Waals surface area contributed by atoms with Gasteiger partial charge < -0.3 is 4.74 Å². The van der Waals surface area contributed by atoms with E-state index in [1.54, 1.807) is 0 Å². The number of non-ortho nitro benzene ring substituents is 1. The lowest BCUT2D eigenvalue weighted by Crippen LogP contribution is -2.24. The normalized spacial score (nSPS) is 10.9. The van der Waals surface area contributed by atoms with Gasteiger partial charge in [-0.1, -0.05) is 23.7 Å². The summed E-state index contributed by atoms with van der Waals surface area (Å²) >= 11 is 6.16. The van der Waals surface area contributed by atoms with Crippen LogP contribution >= 0.6 is 11.6 Å². The molecule has 0 bridgehead atoms. The van der Waals surface area contributed by atoms with E-state index in [9.17, 15) is 14.9 Å². The van der Waals surface area contributed by atoms with Gasteiger partial charge in [0.25, 0.3) is 11.6 Å². The highest BCUT2D eigenvalue weighted by atomic mass is 35.5. The Labute approximate surface area is 164 Å². The van der Waals surface area contributed by atoms with Gasteiger partial charge in [-0.2, -0.15) is 5.10 Å². The maximum Gasteiger partial charge on any atom is 0.277 e. The number of benzene rings is 2. The van der Waals surface area contributed by atoms with Crippen LogP contribution in [0.2, 0.25) is 5.15 Å². The van der Waals surface area contributed by atoms with Gasteiger partial charge >= 0.3 is 0 Å². The van der Waals surface area contributed by atoms with Gasteiger partial charge in [-0.3, -0.25) is 14.9 Å². The fraction of sp³-hybridized carbons (Fsp3) is 0.105. The van der Waals surface area contributed by atoms with E-state index < -0.39 is 10.8 Å². The quantitative estimate of drug-likeness (QED) is 0.295. The van der Waals surface area contributed by atoms with E-state index >= 15 is 0 Å². The molecule has 0 fully saturated rings. The van der Waals surface area contributed by atoms with Crippen molar-refractivity contribution in [3.63, 3.8) is 0 Å². The number of ether oxygens (including phenoxy) is 1. The second-order valence-corrected chi connectivity index (χ2v) is 6.26. The lowest BCUT2D eigenvalue weighted by atomic mass is 10.1. The highest BCUT2D eigenvalue weighted by Crippen LogP contribution is 2.20. The molecule has 0 aliphatic carbocycles. The summed E-state index contributed by atoms with van der Waals surface area (Å²) in [7, 11) is 0. The van der Waals surface area contributed by atoms with E-state index in [1.165, 1.54) is 30.5 Å². The monoisotopic (exact) mass is 398 g/mol. The number of carbonyl (C=O) groups is 1. The maximum atomic E-state index is 11.8. The van der Waals surface area contributed by atoms with Crippen LogP contribution in [0.1, 0.15) is 11.1 Å². The van der Waals surface area contributed by atoms with Crippen molar-refractivity contribution in [3.05, 3.63) is 74.9 Å². The van der Waals surface area contributed by atoms with Crippen LogP contribution in [0.25, 0.3) is 10.9 Å². The predicted octanol–water partition coefficient (Wildman–Crippen LogP) is 3.63. The average Bonchev–Trinajstić information content (AvgIpc) is 2.67. The van der Waals surface area contributed by atoms with Crippen molar-refractivity contribution in [1.29, 1.82) is 0 Å². The summed E-state index contributed by atoms with van der Waals surface area (Å²) in [6, 6.07) is 13.1. The highest BCUT2D eigenvalue weighted by Gasteiger charge is 2.07. The zero-order chi connectivity index (χ0) is 20.1. The van der Waals surface area contributed by atoms with Crippen LogP contribution in [0.3, 0.4) is 0 Å². The zero-order valence-corrected chi connectivity index (χ0v) is 15.5. The molecular weight excluding hydrogens is 384 g/mol. The van der Waals surface area contributed by atoms with E-state index in [2.05, 4.69) is 15.5 Å². The molecule has 0 radical (unpaired) electrons. The maximum absolute atomic E-state index is 11.8. The number of fused-ring (bicyclic) bond motifs is 1. The predicted molar refractivity (Wildman–Crippen MR) is 106 cm³/mol. The second kappa shape index (κ2) is 8.45. The number of aryl methyl sites for hydroxylation is 1. The number of hydrogen-bond acceptors (Lipinski definition) is 6. The summed E-state index contributed by atoms with van der Waals surface area (Å²) < 4.78 is 5.25. The van der Waals surface area contributed by atoms with E-state index in [-0.39, 0.29) is 17.4 Å². The Kier molecular flexibility index (Phi) is 5.81. The van der Waals surface area contributed by atoms with Crippen LogP contribution in [-0.2, 0) is 4.79 Å². The molecule has 0 unspecified atom stereocenters. The van der Waals surface area contributed by atoms with Gasteiger partial charge in [-0.15, -0.1) is 0 Å². The number of rotatable bonds is 6. The fourth-order valence-corrected chi connectivity index (χ4v) is 2.57. The summed E-state index contributed by atoms with van der Waals surface area (Å²) in [4.78, 5) is 26.2. The Bertz CT molecular complexity index is 1070. The number of nitro benzene ring substituents is 1. The fourth-order valence-electron chi connectivity index (χ4n) is 2.38. The van der Waals surface area contributed by atoms with E-state index in [0.717, 1.165) is 16.5 Å². The number of halogens is 1. The first-order valence-electron chi connectivity index (χ1n) is 8.18. The molecule has 1 amide bonds. The zero-order valence-electron chi connectivity index (χ0n) is 14.8. The number of aromatic nitrogens is 1. The highest BCUT2D eigenvalue weighted by molar-refractivity contribution is 6.32. The number of carbonyl (C=O) groups excluding carboxylic acids is 1. The molecule has 3 rings (SSSR count). The van der Waals surface area contributed by atoms with Gasteiger partial charge in [0.1, 0.15) is 10.9 Å². The smallest absolute Gasteiger partial charge is 0.277 e. The minimum Gasteiger partial charge on any atom is -0.484 e. The second-order valence-electron chi connectivity index (χ2n) is 5.90. The summed E-state index contributed by atoms with van der Waals surface area (Å²) in [5.41, 5.74) is 4.69. The molecule has 1 aromatic heterocycles. The number of nitrogens with zero attached hydrogens (tertiary/aromatic N) is 3. The van der Waals surface area contributed by atoms with Crippen molar-refractivity contribution >= 4 is 40.3 Å². The molecule has 1 N–H and O–H groups in total. The molecule has 0 aliphatic rings. The molecule has 0 aliphatic heterocycles. The van der Waals surface area contributed by atoms with Crippen molar-refractivity contribution in [3.8, 4) is 5.75 Å². The molecule has 0 atom stereocenters. The molecule has 3 aromatic rings. The topological polar surface area (TPSA) is 107 Å². The van der Waals surface area contributed by atoms with Crippen molar-refractivity contribution in [2.75, 3.05) is 6.61 Å². The Morgan fingerprint density at radius 1 is 1.29 bits per heavy atom. The molecule has 2 aromatic carbocycles. The molecule has 1 heterocycles. The Balaban J connectivity index is 1.57. The van der Waals surface area contributed by atoms with Crippen LogP contribution in [-0.4, -0.2) is 28.6 Å². The molecule has 0 spiro atoms. The molecule has 0 saturated carbocycles. The summed E-state index contributed by atoms with van der Waals surface area (Å²) in [6.45, 7) is 1.68. The van der Waals surface area contributed by atoms with Gasteiger partial charge in [0.15, 0.2) is 6.61 Å². The summed E-state index contributed by atoms with van der Waals surface area (Å²) in [5, 5.41) is 15.6. The van der Waals surface area contributed by atoms with Crippen molar-refractivity contribution in [2.45, 2.75) is 6.92 Å². The molecular formula is C19H15ClN4O4. The van der Waals surface area contributed by atoms with E-state index in [4.69, 9.17) is 16.3 Å². The number of nitrogens with one attached hydrogen (secondary N) is 1. The summed E-state index contributed by atoms with van der Waals surface area (Å²) in [6.07, 6.45) is 1.40. The lowest BCUT2D eigenvalue weighted by Gasteiger charge is -2.05. The minimum absolute atomic E-state index is 0.0579. The Hall–Kier alpha value is -3.52. The third kappa shape index (κ3) is 4.80. The first kappa shape index (κ1) is 19.2. The molecule has 8 nitrogen and oxygen atoms in total. The van der Waals surface area contributed by atoms with Crippen LogP contribution in [0.5, 0.6) is 5.75 Å². The van der Waals surface area contributed by atoms with Gasteiger partial charge in [-0.05, 0) is 36.8 Å². The Morgan fingerprint density at radius 2 is 2.04 bits per heavy atom. The first-order chi connectivity index (χ1) is 13.4. The SMILES string of the molecule is Cc1ccc2cc(/C=N/NC(=O)COc3ccc([N+](=O)[O-])cc3)c(Cl)nc2c1. The minimum atomic E-state index is -0.515.